The zero-order chi connectivity index (χ0) is 17.6. The second kappa shape index (κ2) is 8.60. The van der Waals surface area contributed by atoms with Gasteiger partial charge >= 0.3 is 0 Å². The standard InChI is InChI=1S/C18H16BrN3OS2/c1-12(16(23)14-7-9-15(19)10-8-14)24-18-22-21-17(25-18)20-11-13-5-3-2-4-6-13/h2-10,12H,11H2,1H3,(H,20,21)/t12-/m0/s1. The second-order valence-corrected chi connectivity index (χ2v) is 8.82. The first kappa shape index (κ1) is 18.1. The lowest BCUT2D eigenvalue weighted by atomic mass is 10.1. The predicted octanol–water partition coefficient (Wildman–Crippen LogP) is 5.28. The molecule has 0 aliphatic carbocycles. The molecule has 0 aliphatic rings. The van der Waals surface area contributed by atoms with Crippen molar-refractivity contribution >= 4 is 49.9 Å². The number of nitrogens with zero attached hydrogens (tertiary/aromatic N) is 2. The van der Waals surface area contributed by atoms with Crippen molar-refractivity contribution in [2.24, 2.45) is 0 Å². The Bertz CT molecular complexity index is 837. The van der Waals surface area contributed by atoms with Gasteiger partial charge in [0.05, 0.1) is 5.25 Å². The third kappa shape index (κ3) is 5.14. The number of hydrogen-bond acceptors (Lipinski definition) is 6. The fourth-order valence-corrected chi connectivity index (χ4v) is 4.39. The molecular formula is C18H16BrN3OS2. The molecule has 1 heterocycles. The van der Waals surface area contributed by atoms with Crippen LogP contribution in [0.5, 0.6) is 0 Å². The Morgan fingerprint density at radius 1 is 1.16 bits per heavy atom. The van der Waals surface area contributed by atoms with Crippen LogP contribution in [0.1, 0.15) is 22.8 Å². The molecule has 3 aromatic rings. The van der Waals surface area contributed by atoms with Gasteiger partial charge in [-0.3, -0.25) is 4.79 Å². The molecule has 3 rings (SSSR count). The van der Waals surface area contributed by atoms with E-state index in [4.69, 9.17) is 0 Å². The number of hydrogen-bond donors (Lipinski definition) is 1. The number of aromatic nitrogens is 2. The lowest BCUT2D eigenvalue weighted by Gasteiger charge is -2.07. The summed E-state index contributed by atoms with van der Waals surface area (Å²) >= 11 is 6.28. The molecule has 2 aromatic carbocycles. The number of halogens is 1. The maximum absolute atomic E-state index is 12.5. The Kier molecular flexibility index (Phi) is 6.23. The number of benzene rings is 2. The molecule has 0 fully saturated rings. The van der Waals surface area contributed by atoms with Crippen LogP contribution in [-0.2, 0) is 6.54 Å². The third-order valence-corrected chi connectivity index (χ3v) is 6.06. The monoisotopic (exact) mass is 433 g/mol. The molecule has 0 bridgehead atoms. The molecule has 128 valence electrons. The van der Waals surface area contributed by atoms with Crippen LogP contribution in [-0.4, -0.2) is 21.2 Å². The van der Waals surface area contributed by atoms with Crippen LogP contribution < -0.4 is 5.32 Å². The molecule has 0 saturated heterocycles. The zero-order valence-corrected chi connectivity index (χ0v) is 16.7. The van der Waals surface area contributed by atoms with Crippen molar-refractivity contribution in [1.29, 1.82) is 0 Å². The van der Waals surface area contributed by atoms with E-state index in [2.05, 4.69) is 43.6 Å². The average molecular weight is 434 g/mol. The minimum atomic E-state index is -0.212. The molecule has 0 aliphatic heterocycles. The molecule has 1 atom stereocenters. The molecule has 0 amide bonds. The summed E-state index contributed by atoms with van der Waals surface area (Å²) < 4.78 is 1.75. The number of anilines is 1. The summed E-state index contributed by atoms with van der Waals surface area (Å²) in [5, 5.41) is 12.1. The molecular weight excluding hydrogens is 418 g/mol. The maximum atomic E-state index is 12.5. The van der Waals surface area contributed by atoms with Crippen LogP contribution in [0.3, 0.4) is 0 Å². The first-order valence-electron chi connectivity index (χ1n) is 7.69. The highest BCUT2D eigenvalue weighted by Gasteiger charge is 2.18. The van der Waals surface area contributed by atoms with Crippen molar-refractivity contribution in [3.63, 3.8) is 0 Å². The topological polar surface area (TPSA) is 54.9 Å². The molecule has 4 nitrogen and oxygen atoms in total. The third-order valence-electron chi connectivity index (χ3n) is 3.47. The first-order valence-corrected chi connectivity index (χ1v) is 10.2. The van der Waals surface area contributed by atoms with E-state index in [9.17, 15) is 4.79 Å². The van der Waals surface area contributed by atoms with Crippen LogP contribution in [0.4, 0.5) is 5.13 Å². The van der Waals surface area contributed by atoms with Crippen molar-refractivity contribution < 1.29 is 4.79 Å². The van der Waals surface area contributed by atoms with Crippen molar-refractivity contribution in [1.82, 2.24) is 10.2 Å². The highest BCUT2D eigenvalue weighted by Crippen LogP contribution is 2.30. The van der Waals surface area contributed by atoms with Gasteiger partial charge in [0.25, 0.3) is 0 Å². The van der Waals surface area contributed by atoms with Crippen LogP contribution in [0.15, 0.2) is 63.4 Å². The van der Waals surface area contributed by atoms with Gasteiger partial charge in [-0.15, -0.1) is 10.2 Å². The van der Waals surface area contributed by atoms with Crippen molar-refractivity contribution in [3.8, 4) is 0 Å². The largest absolute Gasteiger partial charge is 0.356 e. The Balaban J connectivity index is 1.57. The molecule has 0 unspecified atom stereocenters. The summed E-state index contributed by atoms with van der Waals surface area (Å²) in [6.07, 6.45) is 0. The normalized spacial score (nSPS) is 11.9. The number of rotatable bonds is 7. The number of carbonyl (C=O) groups excluding carboxylic acids is 1. The van der Waals surface area contributed by atoms with Crippen LogP contribution in [0, 0.1) is 0 Å². The van der Waals surface area contributed by atoms with E-state index >= 15 is 0 Å². The smallest absolute Gasteiger partial charge is 0.206 e. The zero-order valence-electron chi connectivity index (χ0n) is 13.5. The van der Waals surface area contributed by atoms with Crippen molar-refractivity contribution in [3.05, 3.63) is 70.2 Å². The highest BCUT2D eigenvalue weighted by molar-refractivity contribution is 9.10. The second-order valence-electron chi connectivity index (χ2n) is 5.34. The summed E-state index contributed by atoms with van der Waals surface area (Å²) in [6.45, 7) is 2.60. The predicted molar refractivity (Wildman–Crippen MR) is 107 cm³/mol. The Hall–Kier alpha value is -1.70. The fourth-order valence-electron chi connectivity index (χ4n) is 2.16. The number of Topliss-reactive ketones (excluding diaryl/α,β-unsaturated/α-hetero) is 1. The Morgan fingerprint density at radius 3 is 2.60 bits per heavy atom. The van der Waals surface area contributed by atoms with Gasteiger partial charge in [0.1, 0.15) is 0 Å². The van der Waals surface area contributed by atoms with Crippen LogP contribution in [0.2, 0.25) is 0 Å². The minimum absolute atomic E-state index is 0.0893. The number of nitrogens with one attached hydrogen (secondary N) is 1. The van der Waals surface area contributed by atoms with E-state index in [-0.39, 0.29) is 11.0 Å². The lowest BCUT2D eigenvalue weighted by molar-refractivity contribution is 0.0994. The van der Waals surface area contributed by atoms with E-state index in [0.29, 0.717) is 12.1 Å². The summed E-state index contributed by atoms with van der Waals surface area (Å²) in [4.78, 5) is 12.5. The SMILES string of the molecule is C[C@H](Sc1nnc(NCc2ccccc2)s1)C(=O)c1ccc(Br)cc1. The summed E-state index contributed by atoms with van der Waals surface area (Å²) in [5.41, 5.74) is 1.89. The molecule has 1 N–H and O–H groups in total. The number of thioether (sulfide) groups is 1. The summed E-state index contributed by atoms with van der Waals surface area (Å²) in [7, 11) is 0. The molecule has 25 heavy (non-hydrogen) atoms. The maximum Gasteiger partial charge on any atom is 0.206 e. The van der Waals surface area contributed by atoms with E-state index < -0.39 is 0 Å². The van der Waals surface area contributed by atoms with Gasteiger partial charge in [-0.25, -0.2) is 0 Å². The molecule has 1 aromatic heterocycles. The van der Waals surface area contributed by atoms with Gasteiger partial charge in [0.2, 0.25) is 5.13 Å². The van der Waals surface area contributed by atoms with Gasteiger partial charge in [-0.1, -0.05) is 81.5 Å². The molecule has 0 spiro atoms. The van der Waals surface area contributed by atoms with Gasteiger partial charge in [0.15, 0.2) is 10.1 Å². The van der Waals surface area contributed by atoms with Gasteiger partial charge in [0, 0.05) is 16.6 Å². The first-order chi connectivity index (χ1) is 12.1. The van der Waals surface area contributed by atoms with E-state index in [1.165, 1.54) is 28.7 Å². The molecule has 0 radical (unpaired) electrons. The summed E-state index contributed by atoms with van der Waals surface area (Å²) in [6, 6.07) is 17.5. The van der Waals surface area contributed by atoms with E-state index in [0.717, 1.165) is 13.9 Å². The van der Waals surface area contributed by atoms with Gasteiger partial charge in [-0.05, 0) is 24.6 Å². The van der Waals surface area contributed by atoms with Crippen molar-refractivity contribution in [2.45, 2.75) is 23.1 Å². The van der Waals surface area contributed by atoms with Crippen molar-refractivity contribution in [2.75, 3.05) is 5.32 Å². The van der Waals surface area contributed by atoms with E-state index in [1.54, 1.807) is 0 Å². The average Bonchev–Trinajstić information content (AvgIpc) is 3.08. The van der Waals surface area contributed by atoms with E-state index in [1.807, 2.05) is 49.4 Å². The molecule has 7 heteroatoms. The van der Waals surface area contributed by atoms with Crippen LogP contribution in [0.25, 0.3) is 0 Å². The summed E-state index contributed by atoms with van der Waals surface area (Å²) in [5.74, 6) is 0.0893. The Labute approximate surface area is 163 Å². The fraction of sp³-hybridized carbons (Fsp3) is 0.167. The Morgan fingerprint density at radius 2 is 1.88 bits per heavy atom. The number of ketones is 1. The quantitative estimate of drug-likeness (QED) is 0.405. The molecule has 0 saturated carbocycles. The van der Waals surface area contributed by atoms with Gasteiger partial charge < -0.3 is 5.32 Å². The highest BCUT2D eigenvalue weighted by atomic mass is 79.9. The lowest BCUT2D eigenvalue weighted by Crippen LogP contribution is -2.13. The van der Waals surface area contributed by atoms with Gasteiger partial charge in [-0.2, -0.15) is 0 Å². The van der Waals surface area contributed by atoms with Crippen LogP contribution >= 0.6 is 39.0 Å². The number of carbonyl (C=O) groups is 1. The minimum Gasteiger partial charge on any atom is -0.356 e.